The largest absolute Gasteiger partial charge is 0.325 e. The number of likely N-dealkylation sites (tertiary alicyclic amines) is 1. The predicted molar refractivity (Wildman–Crippen MR) is 118 cm³/mol. The third-order valence-electron chi connectivity index (χ3n) is 5.89. The summed E-state index contributed by atoms with van der Waals surface area (Å²) in [7, 11) is 0. The number of anilines is 1. The number of para-hydroxylation sites is 2. The van der Waals surface area contributed by atoms with Crippen molar-refractivity contribution in [1.29, 1.82) is 0 Å². The summed E-state index contributed by atoms with van der Waals surface area (Å²) in [6.07, 6.45) is 4.68. The number of rotatable bonds is 6. The number of piperidine rings is 1. The number of hydrogen-bond acceptors (Lipinski definition) is 3. The van der Waals surface area contributed by atoms with Crippen molar-refractivity contribution in [2.45, 2.75) is 58.7 Å². The van der Waals surface area contributed by atoms with E-state index >= 15 is 0 Å². The summed E-state index contributed by atoms with van der Waals surface area (Å²) in [5, 5.41) is 3.08. The monoisotopic (exact) mass is 390 g/mol. The molecule has 5 nitrogen and oxygen atoms in total. The van der Waals surface area contributed by atoms with Gasteiger partial charge >= 0.3 is 0 Å². The third kappa shape index (κ3) is 4.51. The molecule has 29 heavy (non-hydrogen) atoms. The molecule has 1 aliphatic heterocycles. The zero-order valence-electron chi connectivity index (χ0n) is 17.4. The highest BCUT2D eigenvalue weighted by Crippen LogP contribution is 2.21. The lowest BCUT2D eigenvalue weighted by Crippen LogP contribution is -2.36. The first-order valence-electron chi connectivity index (χ1n) is 10.7. The molecule has 1 aliphatic rings. The second kappa shape index (κ2) is 8.78. The number of benzene rings is 2. The lowest BCUT2D eigenvalue weighted by Gasteiger charge is -2.33. The van der Waals surface area contributed by atoms with Crippen LogP contribution >= 0.6 is 0 Å². The van der Waals surface area contributed by atoms with Crippen LogP contribution in [0.15, 0.2) is 48.5 Å². The van der Waals surface area contributed by atoms with Crippen LogP contribution in [0.5, 0.6) is 0 Å². The number of carbonyl (C=O) groups is 1. The quantitative estimate of drug-likeness (QED) is 0.669. The molecule has 1 atom stereocenters. The summed E-state index contributed by atoms with van der Waals surface area (Å²) < 4.78 is 2.02. The van der Waals surface area contributed by atoms with Gasteiger partial charge in [-0.1, -0.05) is 37.6 Å². The van der Waals surface area contributed by atoms with E-state index in [1.807, 2.05) is 41.0 Å². The summed E-state index contributed by atoms with van der Waals surface area (Å²) in [5.41, 5.74) is 4.06. The highest BCUT2D eigenvalue weighted by molar-refractivity contribution is 5.91. The van der Waals surface area contributed by atoms with Gasteiger partial charge in [0.1, 0.15) is 12.4 Å². The number of amides is 1. The van der Waals surface area contributed by atoms with E-state index in [4.69, 9.17) is 0 Å². The summed E-state index contributed by atoms with van der Waals surface area (Å²) >= 11 is 0. The molecule has 1 fully saturated rings. The Morgan fingerprint density at radius 3 is 2.86 bits per heavy atom. The van der Waals surface area contributed by atoms with Crippen molar-refractivity contribution < 1.29 is 4.79 Å². The topological polar surface area (TPSA) is 50.2 Å². The van der Waals surface area contributed by atoms with E-state index in [9.17, 15) is 4.79 Å². The lowest BCUT2D eigenvalue weighted by molar-refractivity contribution is -0.116. The zero-order valence-corrected chi connectivity index (χ0v) is 17.4. The first kappa shape index (κ1) is 19.6. The summed E-state index contributed by atoms with van der Waals surface area (Å²) in [5.74, 6) is 0.917. The summed E-state index contributed by atoms with van der Waals surface area (Å²) in [4.78, 5) is 20.0. The maximum Gasteiger partial charge on any atom is 0.244 e. The minimum absolute atomic E-state index is 0.0219. The minimum atomic E-state index is -0.0219. The van der Waals surface area contributed by atoms with Gasteiger partial charge in [-0.05, 0) is 56.1 Å². The van der Waals surface area contributed by atoms with Crippen molar-refractivity contribution >= 4 is 22.6 Å². The molecule has 1 N–H and O–H groups in total. The first-order chi connectivity index (χ1) is 14.1. The average molecular weight is 391 g/mol. The molecule has 1 amide bonds. The van der Waals surface area contributed by atoms with E-state index in [1.165, 1.54) is 24.8 Å². The van der Waals surface area contributed by atoms with E-state index in [-0.39, 0.29) is 12.5 Å². The number of imidazole rings is 1. The van der Waals surface area contributed by atoms with Gasteiger partial charge in [0.15, 0.2) is 0 Å². The molecular weight excluding hydrogens is 360 g/mol. The molecule has 2 heterocycles. The number of aryl methyl sites for hydroxylation is 1. The molecule has 4 rings (SSSR count). The Morgan fingerprint density at radius 2 is 2.03 bits per heavy atom. The molecule has 3 aromatic rings. The van der Waals surface area contributed by atoms with Crippen LogP contribution < -0.4 is 5.32 Å². The van der Waals surface area contributed by atoms with Gasteiger partial charge in [0.05, 0.1) is 11.0 Å². The molecule has 0 aliphatic carbocycles. The Balaban J connectivity index is 1.45. The van der Waals surface area contributed by atoms with Crippen molar-refractivity contribution in [2.75, 3.05) is 11.9 Å². The Labute approximate surface area is 172 Å². The maximum atomic E-state index is 12.8. The first-order valence-corrected chi connectivity index (χ1v) is 10.7. The van der Waals surface area contributed by atoms with Crippen molar-refractivity contribution in [3.8, 4) is 0 Å². The van der Waals surface area contributed by atoms with Gasteiger partial charge in [-0.25, -0.2) is 4.98 Å². The minimum Gasteiger partial charge on any atom is -0.325 e. The molecule has 5 heteroatoms. The molecule has 1 saturated heterocycles. The van der Waals surface area contributed by atoms with Gasteiger partial charge in [-0.15, -0.1) is 0 Å². The second-order valence-electron chi connectivity index (χ2n) is 8.02. The fourth-order valence-corrected chi connectivity index (χ4v) is 4.29. The molecule has 0 bridgehead atoms. The van der Waals surface area contributed by atoms with Crippen LogP contribution in [-0.2, 0) is 24.3 Å². The Kier molecular flexibility index (Phi) is 5.95. The summed E-state index contributed by atoms with van der Waals surface area (Å²) in [6.45, 7) is 6.76. The number of carbonyl (C=O) groups excluding carboxylic acids is 1. The second-order valence-corrected chi connectivity index (χ2v) is 8.02. The van der Waals surface area contributed by atoms with Crippen molar-refractivity contribution in [2.24, 2.45) is 0 Å². The van der Waals surface area contributed by atoms with Gasteiger partial charge in [-0.2, -0.15) is 0 Å². The molecule has 2 aromatic carbocycles. The van der Waals surface area contributed by atoms with Crippen LogP contribution in [0.4, 0.5) is 5.69 Å². The van der Waals surface area contributed by atoms with Crippen molar-refractivity contribution in [1.82, 2.24) is 14.5 Å². The average Bonchev–Trinajstić information content (AvgIpc) is 3.07. The van der Waals surface area contributed by atoms with E-state index in [2.05, 4.69) is 41.2 Å². The normalized spacial score (nSPS) is 17.5. The highest BCUT2D eigenvalue weighted by atomic mass is 16.1. The van der Waals surface area contributed by atoms with Crippen LogP contribution in [0.3, 0.4) is 0 Å². The van der Waals surface area contributed by atoms with E-state index < -0.39 is 0 Å². The van der Waals surface area contributed by atoms with Crippen molar-refractivity contribution in [3.63, 3.8) is 0 Å². The number of fused-ring (bicyclic) bond motifs is 1. The van der Waals surface area contributed by atoms with Crippen LogP contribution in [0.1, 0.15) is 44.5 Å². The number of aromatic nitrogens is 2. The van der Waals surface area contributed by atoms with Gasteiger partial charge in [-0.3, -0.25) is 9.69 Å². The van der Waals surface area contributed by atoms with E-state index in [1.54, 1.807) is 0 Å². The molecule has 0 unspecified atom stereocenters. The van der Waals surface area contributed by atoms with Gasteiger partial charge in [0.2, 0.25) is 5.91 Å². The van der Waals surface area contributed by atoms with Gasteiger partial charge in [0, 0.05) is 24.7 Å². The molecular formula is C24H30N4O. The highest BCUT2D eigenvalue weighted by Gasteiger charge is 2.18. The Hall–Kier alpha value is -2.66. The zero-order chi connectivity index (χ0) is 20.2. The fourth-order valence-electron chi connectivity index (χ4n) is 4.29. The fraction of sp³-hybridized carbons (Fsp3) is 0.417. The predicted octanol–water partition coefficient (Wildman–Crippen LogP) is 4.61. The van der Waals surface area contributed by atoms with Crippen LogP contribution in [0, 0.1) is 0 Å². The van der Waals surface area contributed by atoms with Gasteiger partial charge in [0.25, 0.3) is 0 Å². The van der Waals surface area contributed by atoms with Crippen molar-refractivity contribution in [3.05, 3.63) is 59.9 Å². The smallest absolute Gasteiger partial charge is 0.244 e. The Bertz CT molecular complexity index is 993. The Morgan fingerprint density at radius 1 is 1.17 bits per heavy atom. The van der Waals surface area contributed by atoms with Crippen LogP contribution in [0.2, 0.25) is 0 Å². The lowest BCUT2D eigenvalue weighted by atomic mass is 10.0. The number of nitrogens with one attached hydrogen (secondary N) is 1. The van der Waals surface area contributed by atoms with E-state index in [0.717, 1.165) is 42.1 Å². The SMILES string of the molecule is CCc1nc2ccccc2n1CC(=O)Nc1cccc(CN2CCCC[C@H]2C)c1. The molecule has 0 spiro atoms. The molecule has 0 saturated carbocycles. The third-order valence-corrected chi connectivity index (χ3v) is 5.89. The molecule has 1 aromatic heterocycles. The van der Waals surface area contributed by atoms with Gasteiger partial charge < -0.3 is 9.88 Å². The standard InChI is InChI=1S/C24H30N4O/c1-3-23-26-21-12-4-5-13-22(21)28(23)17-24(29)25-20-11-8-10-19(15-20)16-27-14-7-6-9-18(27)2/h4-5,8,10-13,15,18H,3,6-7,9,14,16-17H2,1-2H3,(H,25,29)/t18-/m1/s1. The molecule has 152 valence electrons. The number of nitrogens with zero attached hydrogens (tertiary/aromatic N) is 3. The van der Waals surface area contributed by atoms with E-state index in [0.29, 0.717) is 6.04 Å². The van der Waals surface area contributed by atoms with Crippen LogP contribution in [-0.4, -0.2) is 32.9 Å². The number of hydrogen-bond donors (Lipinski definition) is 1. The molecule has 0 radical (unpaired) electrons. The maximum absolute atomic E-state index is 12.8. The van der Waals surface area contributed by atoms with Crippen LogP contribution in [0.25, 0.3) is 11.0 Å². The summed E-state index contributed by atoms with van der Waals surface area (Å²) in [6, 6.07) is 16.9.